The van der Waals surface area contributed by atoms with Gasteiger partial charge in [-0.2, -0.15) is 4.98 Å². The summed E-state index contributed by atoms with van der Waals surface area (Å²) in [4.78, 5) is 3.87. The zero-order valence-corrected chi connectivity index (χ0v) is 9.31. The van der Waals surface area contributed by atoms with Crippen molar-refractivity contribution in [3.05, 3.63) is 47.1 Å². The van der Waals surface area contributed by atoms with Crippen molar-refractivity contribution in [1.82, 2.24) is 10.1 Å². The van der Waals surface area contributed by atoms with Crippen molar-refractivity contribution in [3.8, 4) is 0 Å². The maximum absolute atomic E-state index is 13.4. The van der Waals surface area contributed by atoms with Crippen LogP contribution in [0, 0.1) is 11.6 Å². The van der Waals surface area contributed by atoms with Crippen LogP contribution < -0.4 is 5.73 Å². The molecule has 2 rings (SSSR count). The Morgan fingerprint density at radius 1 is 1.39 bits per heavy atom. The van der Waals surface area contributed by atoms with Crippen molar-refractivity contribution in [2.45, 2.75) is 12.5 Å². The maximum atomic E-state index is 13.4. The summed E-state index contributed by atoms with van der Waals surface area (Å²) in [7, 11) is 0. The van der Waals surface area contributed by atoms with E-state index in [-0.39, 0.29) is 30.2 Å². The van der Waals surface area contributed by atoms with E-state index in [1.165, 1.54) is 6.07 Å². The van der Waals surface area contributed by atoms with Crippen LogP contribution in [0.1, 0.15) is 23.4 Å². The molecule has 0 amide bonds. The Bertz CT molecular complexity index is 545. The van der Waals surface area contributed by atoms with Gasteiger partial charge in [0, 0.05) is 19.0 Å². The molecule has 0 aliphatic carbocycles. The van der Waals surface area contributed by atoms with Gasteiger partial charge in [0.1, 0.15) is 17.7 Å². The van der Waals surface area contributed by atoms with E-state index >= 15 is 0 Å². The van der Waals surface area contributed by atoms with Gasteiger partial charge < -0.3 is 15.4 Å². The first kappa shape index (κ1) is 12.6. The van der Waals surface area contributed by atoms with Crippen molar-refractivity contribution in [1.29, 1.82) is 0 Å². The number of rotatable bonds is 4. The average molecular weight is 255 g/mol. The third-order valence-electron chi connectivity index (χ3n) is 2.36. The van der Waals surface area contributed by atoms with E-state index in [0.717, 1.165) is 12.1 Å². The molecule has 1 aromatic heterocycles. The van der Waals surface area contributed by atoms with Crippen LogP contribution in [0.3, 0.4) is 0 Å². The van der Waals surface area contributed by atoms with E-state index in [4.69, 9.17) is 10.3 Å². The van der Waals surface area contributed by atoms with Gasteiger partial charge >= 0.3 is 0 Å². The first-order chi connectivity index (χ1) is 8.60. The van der Waals surface area contributed by atoms with Gasteiger partial charge in [-0.05, 0) is 11.6 Å². The molecular weight excluding hydrogens is 244 g/mol. The van der Waals surface area contributed by atoms with Gasteiger partial charge in [-0.15, -0.1) is 0 Å². The quantitative estimate of drug-likeness (QED) is 0.848. The Morgan fingerprint density at radius 3 is 2.83 bits per heavy atom. The summed E-state index contributed by atoms with van der Waals surface area (Å²) in [5.41, 5.74) is 5.47. The number of aliphatic hydroxyl groups is 1. The lowest BCUT2D eigenvalue weighted by Gasteiger charge is -1.99. The highest BCUT2D eigenvalue weighted by Gasteiger charge is 2.15. The van der Waals surface area contributed by atoms with Crippen LogP contribution in [0.2, 0.25) is 0 Å². The number of nitrogens with two attached hydrogens (primary N) is 1. The molecule has 5 nitrogen and oxygen atoms in total. The first-order valence-corrected chi connectivity index (χ1v) is 5.24. The SMILES string of the molecule is NC[C@H](O)c1nc(Cc2ccc(F)cc2F)no1. The molecule has 0 spiro atoms. The topological polar surface area (TPSA) is 85.2 Å². The molecule has 0 fully saturated rings. The number of benzene rings is 1. The van der Waals surface area contributed by atoms with Crippen LogP contribution in [-0.2, 0) is 6.42 Å². The van der Waals surface area contributed by atoms with Crippen LogP contribution in [0.25, 0.3) is 0 Å². The molecule has 7 heteroatoms. The molecule has 0 aliphatic rings. The van der Waals surface area contributed by atoms with Crippen molar-refractivity contribution < 1.29 is 18.4 Å². The monoisotopic (exact) mass is 255 g/mol. The fourth-order valence-corrected chi connectivity index (χ4v) is 1.41. The molecule has 0 saturated carbocycles. The Hall–Kier alpha value is -1.86. The van der Waals surface area contributed by atoms with Gasteiger partial charge in [0.25, 0.3) is 5.89 Å². The summed E-state index contributed by atoms with van der Waals surface area (Å²) in [6.45, 7) is -0.0491. The predicted molar refractivity (Wildman–Crippen MR) is 57.5 cm³/mol. The number of hydrogen-bond donors (Lipinski definition) is 2. The van der Waals surface area contributed by atoms with Gasteiger partial charge in [0.2, 0.25) is 0 Å². The van der Waals surface area contributed by atoms with Crippen LogP contribution >= 0.6 is 0 Å². The van der Waals surface area contributed by atoms with Gasteiger partial charge in [-0.25, -0.2) is 8.78 Å². The lowest BCUT2D eigenvalue weighted by atomic mass is 10.1. The van der Waals surface area contributed by atoms with E-state index < -0.39 is 17.7 Å². The summed E-state index contributed by atoms with van der Waals surface area (Å²) in [5, 5.41) is 12.9. The van der Waals surface area contributed by atoms with E-state index in [0.29, 0.717) is 0 Å². The zero-order valence-electron chi connectivity index (χ0n) is 9.31. The van der Waals surface area contributed by atoms with Gasteiger partial charge in [0.15, 0.2) is 5.82 Å². The van der Waals surface area contributed by atoms with E-state index in [1.807, 2.05) is 0 Å². The molecule has 3 N–H and O–H groups in total. The van der Waals surface area contributed by atoms with Crippen molar-refractivity contribution >= 4 is 0 Å². The third kappa shape index (κ3) is 2.69. The molecule has 2 aromatic rings. The minimum Gasteiger partial charge on any atom is -0.382 e. The van der Waals surface area contributed by atoms with Gasteiger partial charge in [-0.1, -0.05) is 11.2 Å². The van der Waals surface area contributed by atoms with Crippen LogP contribution in [0.4, 0.5) is 8.78 Å². The second-order valence-electron chi connectivity index (χ2n) is 3.71. The molecule has 0 radical (unpaired) electrons. The Kier molecular flexibility index (Phi) is 3.63. The molecule has 0 saturated heterocycles. The summed E-state index contributed by atoms with van der Waals surface area (Å²) in [5.74, 6) is -1.15. The highest BCUT2D eigenvalue weighted by molar-refractivity contribution is 5.21. The highest BCUT2D eigenvalue weighted by Crippen LogP contribution is 2.15. The summed E-state index contributed by atoms with van der Waals surface area (Å²) >= 11 is 0. The first-order valence-electron chi connectivity index (χ1n) is 5.24. The summed E-state index contributed by atoms with van der Waals surface area (Å²) in [6, 6.07) is 3.24. The Balaban J connectivity index is 2.16. The minimum atomic E-state index is -1.04. The molecule has 0 bridgehead atoms. The Morgan fingerprint density at radius 2 is 2.17 bits per heavy atom. The van der Waals surface area contributed by atoms with Gasteiger partial charge in [-0.3, -0.25) is 0 Å². The van der Waals surface area contributed by atoms with Gasteiger partial charge in [0.05, 0.1) is 0 Å². The molecule has 1 aromatic carbocycles. The van der Waals surface area contributed by atoms with Crippen molar-refractivity contribution in [3.63, 3.8) is 0 Å². The molecule has 1 heterocycles. The molecule has 1 atom stereocenters. The number of aliphatic hydroxyl groups excluding tert-OH is 1. The fraction of sp³-hybridized carbons (Fsp3) is 0.273. The smallest absolute Gasteiger partial charge is 0.256 e. The minimum absolute atomic E-state index is 0.0185. The second kappa shape index (κ2) is 5.19. The molecule has 18 heavy (non-hydrogen) atoms. The zero-order chi connectivity index (χ0) is 13.1. The van der Waals surface area contributed by atoms with Crippen molar-refractivity contribution in [2.24, 2.45) is 5.73 Å². The van der Waals surface area contributed by atoms with Crippen LogP contribution in [0.5, 0.6) is 0 Å². The summed E-state index contributed by atoms with van der Waals surface area (Å²) < 4.78 is 30.8. The number of aromatic nitrogens is 2. The standard InChI is InChI=1S/C11H11F2N3O2/c12-7-2-1-6(8(13)4-7)3-10-15-11(18-16-10)9(17)5-14/h1-2,4,9,17H,3,5,14H2/t9-/m0/s1. The van der Waals surface area contributed by atoms with E-state index in [2.05, 4.69) is 10.1 Å². The number of hydrogen-bond acceptors (Lipinski definition) is 5. The molecular formula is C11H11F2N3O2. The molecule has 96 valence electrons. The predicted octanol–water partition coefficient (Wildman–Crippen LogP) is 0.931. The Labute approximate surface area is 101 Å². The van der Waals surface area contributed by atoms with E-state index in [1.54, 1.807) is 0 Å². The third-order valence-corrected chi connectivity index (χ3v) is 2.36. The average Bonchev–Trinajstić information content (AvgIpc) is 2.80. The largest absolute Gasteiger partial charge is 0.382 e. The fourth-order valence-electron chi connectivity index (χ4n) is 1.41. The normalized spacial score (nSPS) is 12.7. The van der Waals surface area contributed by atoms with E-state index in [9.17, 15) is 13.9 Å². The van der Waals surface area contributed by atoms with Crippen LogP contribution in [0.15, 0.2) is 22.7 Å². The summed E-state index contributed by atoms with van der Waals surface area (Å²) in [6.07, 6.45) is -0.989. The van der Waals surface area contributed by atoms with Crippen molar-refractivity contribution in [2.75, 3.05) is 6.54 Å². The number of nitrogens with zero attached hydrogens (tertiary/aromatic N) is 2. The maximum Gasteiger partial charge on any atom is 0.256 e. The second-order valence-corrected chi connectivity index (χ2v) is 3.71. The molecule has 0 aliphatic heterocycles. The van der Waals surface area contributed by atoms with Crippen LogP contribution in [-0.4, -0.2) is 21.8 Å². The lowest BCUT2D eigenvalue weighted by molar-refractivity contribution is 0.141. The lowest BCUT2D eigenvalue weighted by Crippen LogP contribution is -2.11. The molecule has 0 unspecified atom stereocenters. The highest BCUT2D eigenvalue weighted by atomic mass is 19.1. The number of halogens is 2.